The summed E-state index contributed by atoms with van der Waals surface area (Å²) in [7, 11) is 0. The van der Waals surface area contributed by atoms with E-state index in [0.717, 1.165) is 10.9 Å². The molecule has 0 aliphatic carbocycles. The molecule has 3 aromatic rings. The Morgan fingerprint density at radius 2 is 2.05 bits per heavy atom. The summed E-state index contributed by atoms with van der Waals surface area (Å²) < 4.78 is 19.9. The fraction of sp³-hybridized carbons (Fsp3) is 0.0625. The molecule has 0 aliphatic rings. The lowest BCUT2D eigenvalue weighted by Gasteiger charge is -2.08. The second-order valence-corrected chi connectivity index (χ2v) is 5.26. The Morgan fingerprint density at radius 3 is 2.90 bits per heavy atom. The maximum absolute atomic E-state index is 13.0. The maximum atomic E-state index is 13.0. The summed E-state index contributed by atoms with van der Waals surface area (Å²) in [5.41, 5.74) is 1.29. The molecule has 0 bridgehead atoms. The van der Waals surface area contributed by atoms with Crippen molar-refractivity contribution < 1.29 is 13.9 Å². The van der Waals surface area contributed by atoms with Gasteiger partial charge in [-0.15, -0.1) is 11.3 Å². The van der Waals surface area contributed by atoms with E-state index in [-0.39, 0.29) is 5.56 Å². The number of rotatable bonds is 4. The van der Waals surface area contributed by atoms with E-state index in [1.54, 1.807) is 11.3 Å². The van der Waals surface area contributed by atoms with E-state index in [4.69, 9.17) is 4.74 Å². The van der Waals surface area contributed by atoms with Gasteiger partial charge in [0.2, 0.25) is 0 Å². The van der Waals surface area contributed by atoms with Gasteiger partial charge in [-0.3, -0.25) is 4.79 Å². The summed E-state index contributed by atoms with van der Waals surface area (Å²) in [6, 6.07) is 12.0. The fourth-order valence-corrected chi connectivity index (χ4v) is 2.99. The highest BCUT2D eigenvalue weighted by Gasteiger charge is 2.07. The van der Waals surface area contributed by atoms with Gasteiger partial charge >= 0.3 is 0 Å². The third-order valence-corrected chi connectivity index (χ3v) is 4.06. The van der Waals surface area contributed by atoms with Crippen LogP contribution in [0, 0.1) is 5.82 Å². The average molecular weight is 286 g/mol. The molecule has 0 atom stereocenters. The number of aldehydes is 1. The van der Waals surface area contributed by atoms with Gasteiger partial charge in [0.1, 0.15) is 18.2 Å². The first-order valence-corrected chi connectivity index (χ1v) is 6.98. The summed E-state index contributed by atoms with van der Waals surface area (Å²) in [4.78, 5) is 10.9. The van der Waals surface area contributed by atoms with E-state index in [1.807, 2.05) is 23.6 Å². The number of carbonyl (C=O) groups is 1. The van der Waals surface area contributed by atoms with Crippen molar-refractivity contribution in [3.8, 4) is 5.75 Å². The van der Waals surface area contributed by atoms with Crippen molar-refractivity contribution in [1.82, 2.24) is 0 Å². The van der Waals surface area contributed by atoms with E-state index in [1.165, 1.54) is 22.9 Å². The van der Waals surface area contributed by atoms with Crippen molar-refractivity contribution in [2.45, 2.75) is 6.61 Å². The van der Waals surface area contributed by atoms with Gasteiger partial charge in [-0.2, -0.15) is 0 Å². The van der Waals surface area contributed by atoms with Gasteiger partial charge in [-0.1, -0.05) is 18.2 Å². The molecule has 20 heavy (non-hydrogen) atoms. The molecule has 0 radical (unpaired) electrons. The van der Waals surface area contributed by atoms with Crippen LogP contribution in [0.15, 0.2) is 47.8 Å². The van der Waals surface area contributed by atoms with Gasteiger partial charge in [-0.05, 0) is 35.0 Å². The molecule has 0 spiro atoms. The van der Waals surface area contributed by atoms with Crippen LogP contribution in [-0.2, 0) is 6.61 Å². The van der Waals surface area contributed by atoms with Crippen LogP contribution in [0.2, 0.25) is 0 Å². The van der Waals surface area contributed by atoms with E-state index in [2.05, 4.69) is 6.07 Å². The number of carbonyl (C=O) groups excluding carboxylic acids is 1. The Hall–Kier alpha value is -2.20. The molecule has 0 N–H and O–H groups in total. The largest absolute Gasteiger partial charge is 0.488 e. The van der Waals surface area contributed by atoms with E-state index in [9.17, 15) is 9.18 Å². The third-order valence-electron chi connectivity index (χ3n) is 3.04. The molecule has 0 aliphatic heterocycles. The van der Waals surface area contributed by atoms with Crippen LogP contribution in [0.1, 0.15) is 15.9 Å². The lowest BCUT2D eigenvalue weighted by Crippen LogP contribution is -1.98. The predicted molar refractivity (Wildman–Crippen MR) is 77.9 cm³/mol. The van der Waals surface area contributed by atoms with Crippen LogP contribution in [0.3, 0.4) is 0 Å². The SMILES string of the molecule is O=Cc1cc(F)ccc1OCc1csc2ccccc12. The Kier molecular flexibility index (Phi) is 3.48. The Labute approximate surface area is 119 Å². The van der Waals surface area contributed by atoms with Crippen molar-refractivity contribution in [1.29, 1.82) is 0 Å². The smallest absolute Gasteiger partial charge is 0.153 e. The molecular formula is C16H11FO2S. The van der Waals surface area contributed by atoms with Gasteiger partial charge in [0, 0.05) is 10.3 Å². The lowest BCUT2D eigenvalue weighted by atomic mass is 10.2. The number of halogens is 1. The quantitative estimate of drug-likeness (QED) is 0.663. The van der Waals surface area contributed by atoms with Crippen LogP contribution >= 0.6 is 11.3 Å². The number of hydrogen-bond donors (Lipinski definition) is 0. The van der Waals surface area contributed by atoms with E-state index < -0.39 is 5.82 Å². The molecule has 0 saturated heterocycles. The summed E-state index contributed by atoms with van der Waals surface area (Å²) in [6.07, 6.45) is 0.601. The van der Waals surface area contributed by atoms with Crippen LogP contribution in [0.4, 0.5) is 4.39 Å². The molecular weight excluding hydrogens is 275 g/mol. The molecule has 2 nitrogen and oxygen atoms in total. The Balaban J connectivity index is 1.85. The summed E-state index contributed by atoms with van der Waals surface area (Å²) in [5.74, 6) is -0.0443. The first-order valence-electron chi connectivity index (χ1n) is 6.10. The summed E-state index contributed by atoms with van der Waals surface area (Å²) >= 11 is 1.65. The zero-order valence-corrected chi connectivity index (χ0v) is 11.3. The number of hydrogen-bond acceptors (Lipinski definition) is 3. The predicted octanol–water partition coefficient (Wildman–Crippen LogP) is 4.43. The molecule has 0 fully saturated rings. The molecule has 0 amide bonds. The lowest BCUT2D eigenvalue weighted by molar-refractivity contribution is 0.111. The molecule has 100 valence electrons. The van der Waals surface area contributed by atoms with Crippen LogP contribution in [0.25, 0.3) is 10.1 Å². The minimum atomic E-state index is -0.444. The van der Waals surface area contributed by atoms with Gasteiger partial charge in [0.05, 0.1) is 5.56 Å². The number of fused-ring (bicyclic) bond motifs is 1. The standard InChI is InChI=1S/C16H11FO2S/c17-13-5-6-15(11(7-13)8-18)19-9-12-10-20-16-4-2-1-3-14(12)16/h1-8,10H,9H2. The maximum Gasteiger partial charge on any atom is 0.153 e. The highest BCUT2D eigenvalue weighted by Crippen LogP contribution is 2.27. The van der Waals surface area contributed by atoms with Crippen molar-refractivity contribution in [3.63, 3.8) is 0 Å². The second kappa shape index (κ2) is 5.43. The highest BCUT2D eigenvalue weighted by molar-refractivity contribution is 7.17. The van der Waals surface area contributed by atoms with E-state index >= 15 is 0 Å². The summed E-state index contributed by atoms with van der Waals surface area (Å²) in [6.45, 7) is 0.358. The van der Waals surface area contributed by atoms with Crippen LogP contribution < -0.4 is 4.74 Å². The van der Waals surface area contributed by atoms with Crippen molar-refractivity contribution in [3.05, 3.63) is 64.8 Å². The zero-order chi connectivity index (χ0) is 13.9. The molecule has 2 aromatic carbocycles. The van der Waals surface area contributed by atoms with E-state index in [0.29, 0.717) is 18.6 Å². The molecule has 1 aromatic heterocycles. The molecule has 1 heterocycles. The van der Waals surface area contributed by atoms with Gasteiger partial charge in [-0.25, -0.2) is 4.39 Å². The third kappa shape index (κ3) is 2.42. The molecule has 3 rings (SSSR count). The van der Waals surface area contributed by atoms with Crippen LogP contribution in [0.5, 0.6) is 5.75 Å². The van der Waals surface area contributed by atoms with Gasteiger partial charge < -0.3 is 4.74 Å². The molecule has 0 unspecified atom stereocenters. The number of benzene rings is 2. The van der Waals surface area contributed by atoms with Gasteiger partial charge in [0.15, 0.2) is 6.29 Å². The second-order valence-electron chi connectivity index (χ2n) is 4.35. The van der Waals surface area contributed by atoms with Crippen LogP contribution in [-0.4, -0.2) is 6.29 Å². The highest BCUT2D eigenvalue weighted by atomic mass is 32.1. The zero-order valence-electron chi connectivity index (χ0n) is 10.5. The monoisotopic (exact) mass is 286 g/mol. The first-order chi connectivity index (χ1) is 9.78. The Bertz CT molecular complexity index is 764. The minimum Gasteiger partial charge on any atom is -0.488 e. The Morgan fingerprint density at radius 1 is 1.20 bits per heavy atom. The van der Waals surface area contributed by atoms with Gasteiger partial charge in [0.25, 0.3) is 0 Å². The number of thiophene rings is 1. The topological polar surface area (TPSA) is 26.3 Å². The molecule has 0 saturated carbocycles. The molecule has 4 heteroatoms. The minimum absolute atomic E-state index is 0.226. The van der Waals surface area contributed by atoms with Crippen molar-refractivity contribution in [2.24, 2.45) is 0 Å². The average Bonchev–Trinajstić information content (AvgIpc) is 2.89. The van der Waals surface area contributed by atoms with Crippen molar-refractivity contribution in [2.75, 3.05) is 0 Å². The normalized spacial score (nSPS) is 10.7. The number of ether oxygens (including phenoxy) is 1. The fourth-order valence-electron chi connectivity index (χ4n) is 2.04. The first kappa shape index (κ1) is 12.8. The van der Waals surface area contributed by atoms with Crippen molar-refractivity contribution >= 4 is 27.7 Å². The summed E-state index contributed by atoms with van der Waals surface area (Å²) in [5, 5.41) is 3.18.